The molecular weight excluding hydrogens is 222 g/mol. The average molecular weight is 231 g/mol. The van der Waals surface area contributed by atoms with E-state index in [9.17, 15) is 5.11 Å². The summed E-state index contributed by atoms with van der Waals surface area (Å²) < 4.78 is 5.57. The second-order valence-corrected chi connectivity index (χ2v) is 4.39. The van der Waals surface area contributed by atoms with Gasteiger partial charge in [0, 0.05) is 17.0 Å². The Morgan fingerprint density at radius 3 is 2.94 bits per heavy atom. The highest BCUT2D eigenvalue weighted by Gasteiger charge is 2.17. The summed E-state index contributed by atoms with van der Waals surface area (Å²) in [5.41, 5.74) is 0.785. The predicted octanol–water partition coefficient (Wildman–Crippen LogP) is 2.97. The van der Waals surface area contributed by atoms with Gasteiger partial charge < -0.3 is 9.52 Å². The molecule has 1 aromatic carbocycles. The molecule has 3 nitrogen and oxygen atoms in total. The number of fused-ring (bicyclic) bond motifs is 1. The summed E-state index contributed by atoms with van der Waals surface area (Å²) in [6, 6.07) is 9.54. The molecule has 0 spiro atoms. The highest BCUT2D eigenvalue weighted by molar-refractivity contribution is 7.09. The first-order chi connectivity index (χ1) is 7.84. The van der Waals surface area contributed by atoms with E-state index in [0.29, 0.717) is 10.8 Å². The maximum Gasteiger partial charge on any atom is 0.163 e. The number of rotatable bonds is 2. The van der Waals surface area contributed by atoms with Crippen molar-refractivity contribution in [1.82, 2.24) is 4.98 Å². The number of hydrogen-bond donors (Lipinski definition) is 1. The molecule has 0 bridgehead atoms. The fourth-order valence-electron chi connectivity index (χ4n) is 1.63. The second kappa shape index (κ2) is 3.73. The first-order valence-corrected chi connectivity index (χ1v) is 5.78. The smallest absolute Gasteiger partial charge is 0.163 e. The maximum atomic E-state index is 10.0. The lowest BCUT2D eigenvalue weighted by molar-refractivity contribution is 0.192. The number of benzene rings is 1. The lowest BCUT2D eigenvalue weighted by Gasteiger charge is -2.01. The van der Waals surface area contributed by atoms with Crippen molar-refractivity contribution in [3.63, 3.8) is 0 Å². The van der Waals surface area contributed by atoms with Crippen LogP contribution in [0.4, 0.5) is 0 Å². The van der Waals surface area contributed by atoms with Crippen LogP contribution < -0.4 is 0 Å². The molecule has 0 aliphatic rings. The Hall–Kier alpha value is -1.65. The Balaban J connectivity index is 2.06. The Kier molecular flexibility index (Phi) is 2.23. The first kappa shape index (κ1) is 9.57. The lowest BCUT2D eigenvalue weighted by atomic mass is 10.2. The molecule has 0 saturated carbocycles. The minimum absolute atomic E-state index is 0.538. The number of furan rings is 1. The topological polar surface area (TPSA) is 46.3 Å². The van der Waals surface area contributed by atoms with Gasteiger partial charge in [0.2, 0.25) is 0 Å². The molecule has 4 heteroatoms. The van der Waals surface area contributed by atoms with Gasteiger partial charge in [-0.3, -0.25) is 0 Å². The zero-order chi connectivity index (χ0) is 11.0. The van der Waals surface area contributed by atoms with E-state index in [4.69, 9.17) is 4.42 Å². The molecule has 0 radical (unpaired) electrons. The van der Waals surface area contributed by atoms with Gasteiger partial charge in [-0.05, 0) is 12.1 Å². The molecule has 1 atom stereocenters. The van der Waals surface area contributed by atoms with Crippen LogP contribution in [0.15, 0.2) is 46.3 Å². The van der Waals surface area contributed by atoms with Crippen molar-refractivity contribution in [2.75, 3.05) is 0 Å². The van der Waals surface area contributed by atoms with Crippen molar-refractivity contribution >= 4 is 22.3 Å². The van der Waals surface area contributed by atoms with Crippen LogP contribution in [0.3, 0.4) is 0 Å². The zero-order valence-corrected chi connectivity index (χ0v) is 9.15. The van der Waals surface area contributed by atoms with Crippen molar-refractivity contribution in [1.29, 1.82) is 0 Å². The molecule has 1 unspecified atom stereocenters. The van der Waals surface area contributed by atoms with E-state index in [1.54, 1.807) is 6.20 Å². The third kappa shape index (κ3) is 1.52. The highest BCUT2D eigenvalue weighted by atomic mass is 32.1. The van der Waals surface area contributed by atoms with Gasteiger partial charge in [0.25, 0.3) is 0 Å². The summed E-state index contributed by atoms with van der Waals surface area (Å²) in [7, 11) is 0. The zero-order valence-electron chi connectivity index (χ0n) is 8.33. The molecule has 0 fully saturated rings. The molecule has 0 amide bonds. The molecule has 3 aromatic rings. The minimum atomic E-state index is -0.771. The predicted molar refractivity (Wildman–Crippen MR) is 62.4 cm³/mol. The van der Waals surface area contributed by atoms with E-state index in [0.717, 1.165) is 11.0 Å². The molecule has 0 aliphatic heterocycles. The van der Waals surface area contributed by atoms with E-state index in [-0.39, 0.29) is 0 Å². The van der Waals surface area contributed by atoms with Crippen LogP contribution in [0.5, 0.6) is 0 Å². The third-order valence-corrected chi connectivity index (χ3v) is 3.23. The number of aliphatic hydroxyl groups excluding tert-OH is 1. The van der Waals surface area contributed by atoms with Crippen LogP contribution in [0.2, 0.25) is 0 Å². The van der Waals surface area contributed by atoms with E-state index in [2.05, 4.69) is 4.98 Å². The normalized spacial score (nSPS) is 13.1. The largest absolute Gasteiger partial charge is 0.458 e. The van der Waals surface area contributed by atoms with E-state index in [1.165, 1.54) is 11.3 Å². The number of aromatic nitrogens is 1. The summed E-state index contributed by atoms with van der Waals surface area (Å²) in [5, 5.41) is 13.5. The Morgan fingerprint density at radius 1 is 1.31 bits per heavy atom. The molecule has 1 N–H and O–H groups in total. The van der Waals surface area contributed by atoms with E-state index >= 15 is 0 Å². The van der Waals surface area contributed by atoms with Crippen molar-refractivity contribution in [3.05, 3.63) is 52.7 Å². The van der Waals surface area contributed by atoms with Crippen LogP contribution in [-0.4, -0.2) is 10.1 Å². The SMILES string of the molecule is OC(c1cc2ccccc2o1)c1nccs1. The summed E-state index contributed by atoms with van der Waals surface area (Å²) in [6.07, 6.45) is 0.902. The minimum Gasteiger partial charge on any atom is -0.458 e. The van der Waals surface area contributed by atoms with Crippen LogP contribution in [0, 0.1) is 0 Å². The monoisotopic (exact) mass is 231 g/mol. The van der Waals surface area contributed by atoms with E-state index < -0.39 is 6.10 Å². The fourth-order valence-corrected chi connectivity index (χ4v) is 2.26. The molecule has 2 aromatic heterocycles. The fraction of sp³-hybridized carbons (Fsp3) is 0.0833. The number of thiazole rings is 1. The van der Waals surface area contributed by atoms with Gasteiger partial charge in [-0.25, -0.2) is 4.98 Å². The van der Waals surface area contributed by atoms with Crippen LogP contribution in [0.1, 0.15) is 16.9 Å². The summed E-state index contributed by atoms with van der Waals surface area (Å²) >= 11 is 1.41. The first-order valence-electron chi connectivity index (χ1n) is 4.90. The van der Waals surface area contributed by atoms with Gasteiger partial charge in [0.15, 0.2) is 6.10 Å². The molecule has 0 aliphatic carbocycles. The third-order valence-electron chi connectivity index (χ3n) is 2.40. The molecule has 80 valence electrons. The quantitative estimate of drug-likeness (QED) is 0.737. The maximum absolute atomic E-state index is 10.0. The van der Waals surface area contributed by atoms with E-state index in [1.807, 2.05) is 35.7 Å². The molecule has 2 heterocycles. The molecular formula is C12H9NO2S. The van der Waals surface area contributed by atoms with Crippen molar-refractivity contribution < 1.29 is 9.52 Å². The number of para-hydroxylation sites is 1. The number of aliphatic hydroxyl groups is 1. The van der Waals surface area contributed by atoms with Gasteiger partial charge >= 0.3 is 0 Å². The Bertz CT molecular complexity index is 567. The van der Waals surface area contributed by atoms with Crippen LogP contribution in [0.25, 0.3) is 11.0 Å². The summed E-state index contributed by atoms with van der Waals surface area (Å²) in [6.45, 7) is 0. The Morgan fingerprint density at radius 2 is 2.19 bits per heavy atom. The lowest BCUT2D eigenvalue weighted by Crippen LogP contribution is -1.96. The van der Waals surface area contributed by atoms with Gasteiger partial charge in [-0.15, -0.1) is 11.3 Å². The number of nitrogens with zero attached hydrogens (tertiary/aromatic N) is 1. The van der Waals surface area contributed by atoms with Crippen molar-refractivity contribution in [2.24, 2.45) is 0 Å². The number of hydrogen-bond acceptors (Lipinski definition) is 4. The van der Waals surface area contributed by atoms with Crippen LogP contribution >= 0.6 is 11.3 Å². The molecule has 0 saturated heterocycles. The van der Waals surface area contributed by atoms with Gasteiger partial charge in [0.05, 0.1) is 0 Å². The van der Waals surface area contributed by atoms with Crippen molar-refractivity contribution in [2.45, 2.75) is 6.10 Å². The highest BCUT2D eigenvalue weighted by Crippen LogP contribution is 2.28. The summed E-state index contributed by atoms with van der Waals surface area (Å²) in [5.74, 6) is 0.538. The van der Waals surface area contributed by atoms with Gasteiger partial charge in [-0.2, -0.15) is 0 Å². The molecule has 16 heavy (non-hydrogen) atoms. The molecule has 3 rings (SSSR count). The standard InChI is InChI=1S/C12H9NO2S/c14-11(12-13-5-6-16-12)10-7-8-3-1-2-4-9(8)15-10/h1-7,11,14H. The van der Waals surface area contributed by atoms with Gasteiger partial charge in [0.1, 0.15) is 16.4 Å². The van der Waals surface area contributed by atoms with Crippen LogP contribution in [-0.2, 0) is 0 Å². The summed E-state index contributed by atoms with van der Waals surface area (Å²) in [4.78, 5) is 4.07. The van der Waals surface area contributed by atoms with Crippen molar-refractivity contribution in [3.8, 4) is 0 Å². The Labute approximate surface area is 96.0 Å². The van der Waals surface area contributed by atoms with Gasteiger partial charge in [-0.1, -0.05) is 18.2 Å². The second-order valence-electron chi connectivity index (χ2n) is 3.46. The average Bonchev–Trinajstić information content (AvgIpc) is 2.97.